The summed E-state index contributed by atoms with van der Waals surface area (Å²) < 4.78 is 41.4. The van der Waals surface area contributed by atoms with Crippen molar-refractivity contribution in [2.24, 2.45) is 0 Å². The molecule has 0 aliphatic carbocycles. The summed E-state index contributed by atoms with van der Waals surface area (Å²) in [6.45, 7) is 0. The summed E-state index contributed by atoms with van der Waals surface area (Å²) >= 11 is 0.984. The summed E-state index contributed by atoms with van der Waals surface area (Å²) in [5, 5.41) is 8.01. The average molecular weight is 464 g/mol. The van der Waals surface area contributed by atoms with Crippen molar-refractivity contribution in [3.05, 3.63) is 48.0 Å². The zero-order chi connectivity index (χ0) is 22.9. The molecule has 8 nitrogen and oxygen atoms in total. The Morgan fingerprint density at radius 3 is 2.75 bits per heavy atom. The van der Waals surface area contributed by atoms with E-state index in [1.807, 2.05) is 0 Å². The van der Waals surface area contributed by atoms with Gasteiger partial charge in [-0.25, -0.2) is 4.98 Å². The first-order valence-corrected chi connectivity index (χ1v) is 10.2. The molecule has 1 aliphatic heterocycles. The maximum absolute atomic E-state index is 12.4. The van der Waals surface area contributed by atoms with E-state index in [9.17, 15) is 27.6 Å². The van der Waals surface area contributed by atoms with Crippen LogP contribution in [0.3, 0.4) is 0 Å². The standard InChI is InChI=1S/C20H15F3N4O4S/c21-20(22,23)31-10-5-6-13-15(9-10)32-19(26-13)27-16(28)8-7-14-18(30)24-12-4-2-1-3-11(12)17(29)25-14/h1-6,9,14H,7-8H2,(H,24,30)(H,25,29)(H,26,27,28). The lowest BCUT2D eigenvalue weighted by Gasteiger charge is -2.13. The van der Waals surface area contributed by atoms with Crippen LogP contribution in [0.25, 0.3) is 10.2 Å². The Balaban J connectivity index is 1.37. The lowest BCUT2D eigenvalue weighted by atomic mass is 10.1. The number of thiazole rings is 1. The third-order valence-corrected chi connectivity index (χ3v) is 5.48. The molecule has 3 N–H and O–H groups in total. The Bertz CT molecular complexity index is 1210. The number of alkyl halides is 3. The van der Waals surface area contributed by atoms with Crippen molar-refractivity contribution in [2.45, 2.75) is 25.2 Å². The first-order chi connectivity index (χ1) is 15.2. The van der Waals surface area contributed by atoms with Gasteiger partial charge in [-0.05, 0) is 30.7 Å². The van der Waals surface area contributed by atoms with Crippen LogP contribution in [0, 0.1) is 0 Å². The summed E-state index contributed by atoms with van der Waals surface area (Å²) in [4.78, 5) is 41.2. The van der Waals surface area contributed by atoms with Crippen LogP contribution < -0.4 is 20.7 Å². The predicted molar refractivity (Wildman–Crippen MR) is 110 cm³/mol. The number of hydrogen-bond acceptors (Lipinski definition) is 6. The number of rotatable bonds is 5. The fraction of sp³-hybridized carbons (Fsp3) is 0.200. The number of carbonyl (C=O) groups excluding carboxylic acids is 3. The van der Waals surface area contributed by atoms with Crippen LogP contribution in [-0.2, 0) is 9.59 Å². The van der Waals surface area contributed by atoms with E-state index in [-0.39, 0.29) is 23.7 Å². The van der Waals surface area contributed by atoms with Gasteiger partial charge in [-0.1, -0.05) is 23.5 Å². The fourth-order valence-electron chi connectivity index (χ4n) is 3.13. The van der Waals surface area contributed by atoms with Crippen molar-refractivity contribution >= 4 is 50.1 Å². The molecule has 0 saturated heterocycles. The molecule has 1 aromatic heterocycles. The van der Waals surface area contributed by atoms with Gasteiger partial charge in [0.1, 0.15) is 11.8 Å². The van der Waals surface area contributed by atoms with Crippen molar-refractivity contribution < 1.29 is 32.3 Å². The maximum atomic E-state index is 12.4. The number of anilines is 2. The Morgan fingerprint density at radius 2 is 1.97 bits per heavy atom. The van der Waals surface area contributed by atoms with Gasteiger partial charge in [-0.2, -0.15) is 0 Å². The van der Waals surface area contributed by atoms with Gasteiger partial charge in [0.25, 0.3) is 5.91 Å². The van der Waals surface area contributed by atoms with E-state index < -0.39 is 30.1 Å². The van der Waals surface area contributed by atoms with E-state index in [4.69, 9.17) is 0 Å². The fourth-order valence-corrected chi connectivity index (χ4v) is 4.04. The molecule has 2 aromatic carbocycles. The molecule has 2 heterocycles. The number of carbonyl (C=O) groups is 3. The largest absolute Gasteiger partial charge is 0.573 e. The van der Waals surface area contributed by atoms with Crippen LogP contribution in [0.15, 0.2) is 42.5 Å². The number of nitrogens with one attached hydrogen (secondary N) is 3. The van der Waals surface area contributed by atoms with Crippen molar-refractivity contribution in [3.63, 3.8) is 0 Å². The van der Waals surface area contributed by atoms with E-state index in [0.717, 1.165) is 17.4 Å². The molecule has 1 aliphatic rings. The molecule has 12 heteroatoms. The quantitative estimate of drug-likeness (QED) is 0.534. The van der Waals surface area contributed by atoms with Crippen molar-refractivity contribution in [3.8, 4) is 5.75 Å². The summed E-state index contributed by atoms with van der Waals surface area (Å²) in [6.07, 6.45) is -4.85. The van der Waals surface area contributed by atoms with Gasteiger partial charge in [0.2, 0.25) is 11.8 Å². The zero-order valence-electron chi connectivity index (χ0n) is 16.2. The molecule has 0 spiro atoms. The first kappa shape index (κ1) is 21.6. The minimum atomic E-state index is -4.81. The molecule has 3 aromatic rings. The highest BCUT2D eigenvalue weighted by Crippen LogP contribution is 2.31. The highest BCUT2D eigenvalue weighted by atomic mass is 32.1. The third-order valence-electron chi connectivity index (χ3n) is 4.55. The minimum absolute atomic E-state index is 0.0475. The van der Waals surface area contributed by atoms with E-state index in [1.165, 1.54) is 12.1 Å². The lowest BCUT2D eigenvalue weighted by Crippen LogP contribution is -2.41. The molecule has 1 atom stereocenters. The van der Waals surface area contributed by atoms with Crippen molar-refractivity contribution in [1.82, 2.24) is 10.3 Å². The summed E-state index contributed by atoms with van der Waals surface area (Å²) in [5.41, 5.74) is 1.12. The van der Waals surface area contributed by atoms with Gasteiger partial charge in [0.15, 0.2) is 5.13 Å². The van der Waals surface area contributed by atoms with Crippen molar-refractivity contribution in [2.75, 3.05) is 10.6 Å². The number of fused-ring (bicyclic) bond motifs is 2. The second kappa shape index (κ2) is 8.46. The minimum Gasteiger partial charge on any atom is -0.406 e. The molecular formula is C20H15F3N4O4S. The van der Waals surface area contributed by atoms with Gasteiger partial charge in [0.05, 0.1) is 21.5 Å². The average Bonchev–Trinajstić information content (AvgIpc) is 3.05. The van der Waals surface area contributed by atoms with Crippen molar-refractivity contribution in [1.29, 1.82) is 0 Å². The molecule has 0 fully saturated rings. The summed E-state index contributed by atoms with van der Waals surface area (Å²) in [7, 11) is 0. The third kappa shape index (κ3) is 4.97. The number of benzene rings is 2. The molecule has 32 heavy (non-hydrogen) atoms. The van der Waals surface area contributed by atoms with E-state index in [2.05, 4.69) is 25.7 Å². The monoisotopic (exact) mass is 464 g/mol. The van der Waals surface area contributed by atoms with Crippen LogP contribution >= 0.6 is 11.3 Å². The van der Waals surface area contributed by atoms with Crippen LogP contribution in [0.2, 0.25) is 0 Å². The number of para-hydroxylation sites is 1. The number of nitrogens with zero attached hydrogens (tertiary/aromatic N) is 1. The smallest absolute Gasteiger partial charge is 0.406 e. The number of amides is 3. The molecule has 1 unspecified atom stereocenters. The van der Waals surface area contributed by atoms with E-state index in [0.29, 0.717) is 21.5 Å². The molecule has 0 bridgehead atoms. The Kier molecular flexibility index (Phi) is 5.70. The number of ether oxygens (including phenoxy) is 1. The normalized spacial score (nSPS) is 16.0. The second-order valence-corrected chi connectivity index (χ2v) is 7.87. The zero-order valence-corrected chi connectivity index (χ0v) is 17.0. The van der Waals surface area contributed by atoms with Crippen LogP contribution in [0.5, 0.6) is 5.75 Å². The van der Waals surface area contributed by atoms with E-state index >= 15 is 0 Å². The Labute approximate surface area is 182 Å². The Hall–Kier alpha value is -3.67. The SMILES string of the molecule is O=C(CCC1NC(=O)c2ccccc2NC1=O)Nc1nc2ccc(OC(F)(F)F)cc2s1. The molecule has 166 valence electrons. The summed E-state index contributed by atoms with van der Waals surface area (Å²) in [6, 6.07) is 9.32. The maximum Gasteiger partial charge on any atom is 0.573 e. The predicted octanol–water partition coefficient (Wildman–Crippen LogP) is 3.66. The topological polar surface area (TPSA) is 109 Å². The van der Waals surface area contributed by atoms with E-state index in [1.54, 1.807) is 24.3 Å². The van der Waals surface area contributed by atoms with Crippen LogP contribution in [0.4, 0.5) is 24.0 Å². The lowest BCUT2D eigenvalue weighted by molar-refractivity contribution is -0.274. The highest BCUT2D eigenvalue weighted by molar-refractivity contribution is 7.22. The van der Waals surface area contributed by atoms with Gasteiger partial charge < -0.3 is 20.7 Å². The molecule has 4 rings (SSSR count). The van der Waals surface area contributed by atoms with Crippen LogP contribution in [-0.4, -0.2) is 35.1 Å². The molecule has 0 saturated carbocycles. The second-order valence-electron chi connectivity index (χ2n) is 6.84. The number of halogens is 3. The van der Waals surface area contributed by atoms with Gasteiger partial charge in [-0.15, -0.1) is 13.2 Å². The van der Waals surface area contributed by atoms with Crippen LogP contribution in [0.1, 0.15) is 23.2 Å². The van der Waals surface area contributed by atoms with Gasteiger partial charge in [0, 0.05) is 12.5 Å². The molecule has 3 amide bonds. The molecule has 0 radical (unpaired) electrons. The summed E-state index contributed by atoms with van der Waals surface area (Å²) in [5.74, 6) is -1.71. The van der Waals surface area contributed by atoms with Gasteiger partial charge >= 0.3 is 6.36 Å². The highest BCUT2D eigenvalue weighted by Gasteiger charge is 2.31. The first-order valence-electron chi connectivity index (χ1n) is 9.35. The van der Waals surface area contributed by atoms with Gasteiger partial charge in [-0.3, -0.25) is 14.4 Å². The number of aromatic nitrogens is 1. The number of hydrogen-bond donors (Lipinski definition) is 3. The molecular weight excluding hydrogens is 449 g/mol. The Morgan fingerprint density at radius 1 is 1.19 bits per heavy atom.